The molecule has 1 aliphatic rings. The van der Waals surface area contributed by atoms with E-state index in [9.17, 15) is 0 Å². The van der Waals surface area contributed by atoms with Gasteiger partial charge in [0.2, 0.25) is 0 Å². The van der Waals surface area contributed by atoms with Gasteiger partial charge >= 0.3 is 0 Å². The molecular formula is C51H37NO. The van der Waals surface area contributed by atoms with Crippen LogP contribution in [0, 0.1) is 0 Å². The zero-order chi connectivity index (χ0) is 35.5. The lowest BCUT2D eigenvalue weighted by Gasteiger charge is -2.33. The predicted octanol–water partition coefficient (Wildman–Crippen LogP) is 14.4. The molecule has 0 N–H and O–H groups in total. The third-order valence-electron chi connectivity index (χ3n) is 11.0. The summed E-state index contributed by atoms with van der Waals surface area (Å²) in [5.41, 5.74) is 17.4. The van der Waals surface area contributed by atoms with Crippen molar-refractivity contribution in [3.63, 3.8) is 0 Å². The number of anilines is 3. The first-order valence-electron chi connectivity index (χ1n) is 18.3. The van der Waals surface area contributed by atoms with E-state index in [0.717, 1.165) is 44.4 Å². The summed E-state index contributed by atoms with van der Waals surface area (Å²) in [6.07, 6.45) is 0. The monoisotopic (exact) mass is 679 g/mol. The number of hydrogen-bond donors (Lipinski definition) is 0. The van der Waals surface area contributed by atoms with Gasteiger partial charge in [0.1, 0.15) is 11.2 Å². The average molecular weight is 680 g/mol. The molecule has 8 aromatic carbocycles. The molecule has 0 saturated carbocycles. The summed E-state index contributed by atoms with van der Waals surface area (Å²) in [5, 5.41) is 2.28. The summed E-state index contributed by atoms with van der Waals surface area (Å²) in [4.78, 5) is 2.47. The van der Waals surface area contributed by atoms with Gasteiger partial charge in [0.05, 0.1) is 5.69 Å². The van der Waals surface area contributed by atoms with Gasteiger partial charge in [-0.25, -0.2) is 0 Å². The minimum absolute atomic E-state index is 0.192. The maximum absolute atomic E-state index is 6.14. The summed E-state index contributed by atoms with van der Waals surface area (Å²) >= 11 is 0. The van der Waals surface area contributed by atoms with Crippen LogP contribution in [0.5, 0.6) is 0 Å². The van der Waals surface area contributed by atoms with Crippen LogP contribution in [0.4, 0.5) is 17.1 Å². The molecule has 0 saturated heterocycles. The zero-order valence-corrected chi connectivity index (χ0v) is 29.8. The molecule has 0 radical (unpaired) electrons. The maximum Gasteiger partial charge on any atom is 0.135 e. The molecule has 2 nitrogen and oxygen atoms in total. The summed E-state index contributed by atoms with van der Waals surface area (Å²) in [6, 6.07) is 68.0. The van der Waals surface area contributed by atoms with Gasteiger partial charge in [-0.1, -0.05) is 147 Å². The molecule has 1 aliphatic carbocycles. The summed E-state index contributed by atoms with van der Waals surface area (Å²) in [6.45, 7) is 4.74. The number of furan rings is 1. The Labute approximate surface area is 310 Å². The van der Waals surface area contributed by atoms with Crippen molar-refractivity contribution in [3.8, 4) is 44.5 Å². The molecule has 0 unspecified atom stereocenters. The van der Waals surface area contributed by atoms with Gasteiger partial charge in [0.25, 0.3) is 0 Å². The lowest BCUT2D eigenvalue weighted by Crippen LogP contribution is -2.20. The molecule has 0 spiro atoms. The number of hydrogen-bond acceptors (Lipinski definition) is 2. The second-order valence-electron chi connectivity index (χ2n) is 14.6. The first kappa shape index (κ1) is 31.1. The van der Waals surface area contributed by atoms with Gasteiger partial charge in [-0.15, -0.1) is 0 Å². The molecule has 0 amide bonds. The average Bonchev–Trinajstić information content (AvgIpc) is 3.71. The number of rotatable bonds is 6. The normalized spacial score (nSPS) is 12.9. The minimum atomic E-state index is -0.192. The Morgan fingerprint density at radius 2 is 0.981 bits per heavy atom. The molecule has 0 bridgehead atoms. The Hall–Kier alpha value is -6.64. The first-order chi connectivity index (χ1) is 26.0. The summed E-state index contributed by atoms with van der Waals surface area (Å²) in [5.74, 6) is 0. The van der Waals surface area contributed by atoms with E-state index < -0.39 is 0 Å². The number of fused-ring (bicyclic) bond motifs is 6. The van der Waals surface area contributed by atoms with Crippen LogP contribution in [0.2, 0.25) is 0 Å². The van der Waals surface area contributed by atoms with E-state index in [1.54, 1.807) is 0 Å². The highest BCUT2D eigenvalue weighted by molar-refractivity contribution is 6.06. The molecule has 2 heteroatoms. The van der Waals surface area contributed by atoms with Crippen LogP contribution < -0.4 is 4.90 Å². The van der Waals surface area contributed by atoms with Crippen LogP contribution in [0.25, 0.3) is 66.4 Å². The van der Waals surface area contributed by atoms with Gasteiger partial charge in [-0.2, -0.15) is 0 Å². The summed E-state index contributed by atoms with van der Waals surface area (Å²) in [7, 11) is 0. The number of para-hydroxylation sites is 1. The number of nitrogens with zero attached hydrogens (tertiary/aromatic N) is 1. The highest BCUT2D eigenvalue weighted by atomic mass is 16.3. The van der Waals surface area contributed by atoms with E-state index in [0.29, 0.717) is 0 Å². The van der Waals surface area contributed by atoms with Crippen molar-refractivity contribution >= 4 is 39.0 Å². The largest absolute Gasteiger partial charge is 0.456 e. The van der Waals surface area contributed by atoms with Crippen LogP contribution in [0.15, 0.2) is 192 Å². The number of benzene rings is 8. The zero-order valence-electron chi connectivity index (χ0n) is 29.8. The quantitative estimate of drug-likeness (QED) is 0.174. The van der Waals surface area contributed by atoms with Crippen molar-refractivity contribution < 1.29 is 4.42 Å². The fourth-order valence-electron chi connectivity index (χ4n) is 8.48. The van der Waals surface area contributed by atoms with Crippen molar-refractivity contribution in [2.75, 3.05) is 4.90 Å². The fourth-order valence-corrected chi connectivity index (χ4v) is 8.48. The molecule has 0 atom stereocenters. The van der Waals surface area contributed by atoms with Crippen molar-refractivity contribution in [2.24, 2.45) is 0 Å². The molecule has 9 aromatic rings. The Bertz CT molecular complexity index is 2730. The van der Waals surface area contributed by atoms with Gasteiger partial charge in [0.15, 0.2) is 0 Å². The SMILES string of the molecule is CC1(C)c2ccccc2-c2cccc(N(c3ccc(-c4ccc5oc6ccccc6c5c4)cc3)c3cc(-c4ccccc4)cc(-c4ccccc4)c3)c21. The third kappa shape index (κ3) is 5.18. The van der Waals surface area contributed by atoms with E-state index in [2.05, 4.69) is 195 Å². The predicted molar refractivity (Wildman–Crippen MR) is 222 cm³/mol. The Kier molecular flexibility index (Phi) is 7.19. The van der Waals surface area contributed by atoms with E-state index in [1.165, 1.54) is 50.2 Å². The lowest BCUT2D eigenvalue weighted by molar-refractivity contribution is 0.661. The Morgan fingerprint density at radius 1 is 0.396 bits per heavy atom. The maximum atomic E-state index is 6.14. The molecule has 252 valence electrons. The second kappa shape index (κ2) is 12.3. The van der Waals surface area contributed by atoms with Crippen LogP contribution in [0.3, 0.4) is 0 Å². The standard InChI is InChI=1S/C51H37NO/c1-51(2)46-21-11-9-18-42(46)44-20-13-22-47(50(44)51)52(41-31-38(34-14-5-3-6-15-34)30-39(32-41)35-16-7-4-8-17-35)40-27-24-36(25-28-40)37-26-29-49-45(33-37)43-19-10-12-23-48(43)53-49/h3-33H,1-2H3. The highest BCUT2D eigenvalue weighted by Crippen LogP contribution is 2.54. The van der Waals surface area contributed by atoms with E-state index >= 15 is 0 Å². The third-order valence-corrected chi connectivity index (χ3v) is 11.0. The Morgan fingerprint density at radius 3 is 1.72 bits per heavy atom. The lowest BCUT2D eigenvalue weighted by atomic mass is 9.81. The second-order valence-corrected chi connectivity index (χ2v) is 14.6. The molecular weight excluding hydrogens is 643 g/mol. The molecule has 53 heavy (non-hydrogen) atoms. The van der Waals surface area contributed by atoms with Crippen LogP contribution >= 0.6 is 0 Å². The molecule has 1 heterocycles. The van der Waals surface area contributed by atoms with Gasteiger partial charge in [-0.05, 0) is 110 Å². The van der Waals surface area contributed by atoms with Gasteiger partial charge in [0, 0.05) is 27.6 Å². The first-order valence-corrected chi connectivity index (χ1v) is 18.3. The van der Waals surface area contributed by atoms with E-state index in [4.69, 9.17) is 4.42 Å². The van der Waals surface area contributed by atoms with Crippen molar-refractivity contribution in [3.05, 3.63) is 199 Å². The fraction of sp³-hybridized carbons (Fsp3) is 0.0588. The van der Waals surface area contributed by atoms with Gasteiger partial charge < -0.3 is 9.32 Å². The minimum Gasteiger partial charge on any atom is -0.456 e. The van der Waals surface area contributed by atoms with E-state index in [-0.39, 0.29) is 5.41 Å². The Balaban J connectivity index is 1.18. The van der Waals surface area contributed by atoms with Gasteiger partial charge in [-0.3, -0.25) is 0 Å². The smallest absolute Gasteiger partial charge is 0.135 e. The molecule has 1 aromatic heterocycles. The van der Waals surface area contributed by atoms with E-state index in [1.807, 2.05) is 12.1 Å². The van der Waals surface area contributed by atoms with Crippen molar-refractivity contribution in [1.29, 1.82) is 0 Å². The molecule has 0 aliphatic heterocycles. The topological polar surface area (TPSA) is 16.4 Å². The summed E-state index contributed by atoms with van der Waals surface area (Å²) < 4.78 is 6.14. The van der Waals surface area contributed by atoms with Crippen LogP contribution in [-0.4, -0.2) is 0 Å². The van der Waals surface area contributed by atoms with Crippen molar-refractivity contribution in [1.82, 2.24) is 0 Å². The van der Waals surface area contributed by atoms with Crippen LogP contribution in [0.1, 0.15) is 25.0 Å². The highest BCUT2D eigenvalue weighted by Gasteiger charge is 2.38. The van der Waals surface area contributed by atoms with Crippen molar-refractivity contribution in [2.45, 2.75) is 19.3 Å². The molecule has 0 fully saturated rings. The van der Waals surface area contributed by atoms with Crippen LogP contribution in [-0.2, 0) is 5.41 Å². The molecule has 10 rings (SSSR count).